The molecule has 1 heterocycles. The van der Waals surface area contributed by atoms with Crippen molar-refractivity contribution in [2.45, 2.75) is 13.3 Å². The minimum absolute atomic E-state index is 0.271. The molecule has 2 rings (SSSR count). The van der Waals surface area contributed by atoms with Gasteiger partial charge in [-0.05, 0) is 30.2 Å². The maximum atomic E-state index is 12.2. The zero-order chi connectivity index (χ0) is 14.0. The highest BCUT2D eigenvalue weighted by Crippen LogP contribution is 2.30. The van der Waals surface area contributed by atoms with Crippen LogP contribution in [0.5, 0.6) is 5.75 Å². The van der Waals surface area contributed by atoms with Crippen LogP contribution in [-0.4, -0.2) is 11.3 Å². The second-order valence-electron chi connectivity index (χ2n) is 3.98. The van der Waals surface area contributed by atoms with Gasteiger partial charge in [0, 0.05) is 11.8 Å². The normalized spacial score (nSPS) is 11.4. The van der Waals surface area contributed by atoms with Gasteiger partial charge < -0.3 is 10.5 Å². The minimum atomic E-state index is -4.71. The summed E-state index contributed by atoms with van der Waals surface area (Å²) in [6.45, 7) is 1.78. The van der Waals surface area contributed by atoms with Crippen molar-refractivity contribution in [2.24, 2.45) is 0 Å². The van der Waals surface area contributed by atoms with E-state index in [0.29, 0.717) is 16.8 Å². The van der Waals surface area contributed by atoms with Gasteiger partial charge >= 0.3 is 6.36 Å². The first kappa shape index (κ1) is 13.2. The van der Waals surface area contributed by atoms with Crippen LogP contribution in [0.2, 0.25) is 0 Å². The molecular formula is C13H11F3N2O. The van der Waals surface area contributed by atoms with Crippen LogP contribution in [0.25, 0.3) is 11.1 Å². The molecule has 19 heavy (non-hydrogen) atoms. The van der Waals surface area contributed by atoms with Crippen molar-refractivity contribution in [3.8, 4) is 16.9 Å². The predicted octanol–water partition coefficient (Wildman–Crippen LogP) is 3.54. The number of alkyl halides is 3. The maximum Gasteiger partial charge on any atom is 0.573 e. The van der Waals surface area contributed by atoms with Crippen LogP contribution in [0.15, 0.2) is 36.7 Å². The molecule has 0 aliphatic rings. The van der Waals surface area contributed by atoms with Crippen molar-refractivity contribution < 1.29 is 17.9 Å². The maximum absolute atomic E-state index is 12.2. The Hall–Kier alpha value is -2.24. The molecule has 0 atom stereocenters. The van der Waals surface area contributed by atoms with E-state index in [1.165, 1.54) is 24.4 Å². The minimum Gasteiger partial charge on any atom is -0.406 e. The summed E-state index contributed by atoms with van der Waals surface area (Å²) in [7, 11) is 0. The summed E-state index contributed by atoms with van der Waals surface area (Å²) in [5.74, 6) is -0.271. The molecule has 100 valence electrons. The second kappa shape index (κ2) is 4.79. The van der Waals surface area contributed by atoms with E-state index in [4.69, 9.17) is 5.73 Å². The first-order valence-electron chi connectivity index (χ1n) is 5.43. The van der Waals surface area contributed by atoms with E-state index in [-0.39, 0.29) is 5.75 Å². The molecule has 0 amide bonds. The number of benzene rings is 1. The molecule has 0 saturated heterocycles. The molecule has 2 aromatic rings. The van der Waals surface area contributed by atoms with Gasteiger partial charge in [0.15, 0.2) is 0 Å². The fraction of sp³-hybridized carbons (Fsp3) is 0.154. The third kappa shape index (κ3) is 3.15. The van der Waals surface area contributed by atoms with Crippen LogP contribution in [0.3, 0.4) is 0 Å². The van der Waals surface area contributed by atoms with Gasteiger partial charge in [0.1, 0.15) is 5.75 Å². The Labute approximate surface area is 107 Å². The number of ether oxygens (including phenoxy) is 1. The highest BCUT2D eigenvalue weighted by atomic mass is 19.4. The smallest absolute Gasteiger partial charge is 0.406 e. The Morgan fingerprint density at radius 2 is 1.95 bits per heavy atom. The molecule has 6 heteroatoms. The van der Waals surface area contributed by atoms with Crippen LogP contribution in [-0.2, 0) is 0 Å². The van der Waals surface area contributed by atoms with Gasteiger partial charge in [-0.15, -0.1) is 13.2 Å². The third-order valence-corrected chi connectivity index (χ3v) is 2.63. The van der Waals surface area contributed by atoms with Crippen LogP contribution in [0.1, 0.15) is 5.56 Å². The highest BCUT2D eigenvalue weighted by Gasteiger charge is 2.31. The molecule has 1 aromatic carbocycles. The number of nitrogens with two attached hydrogens (primary N) is 1. The summed E-state index contributed by atoms with van der Waals surface area (Å²) in [4.78, 5) is 3.94. The van der Waals surface area contributed by atoms with Gasteiger partial charge in [-0.2, -0.15) is 0 Å². The summed E-state index contributed by atoms with van der Waals surface area (Å²) < 4.78 is 40.4. The van der Waals surface area contributed by atoms with Gasteiger partial charge in [-0.1, -0.05) is 12.1 Å². The molecule has 1 aromatic heterocycles. The van der Waals surface area contributed by atoms with Gasteiger partial charge in [0.05, 0.1) is 11.9 Å². The first-order valence-corrected chi connectivity index (χ1v) is 5.43. The number of pyridine rings is 1. The van der Waals surface area contributed by atoms with Crippen molar-refractivity contribution in [3.63, 3.8) is 0 Å². The molecule has 0 saturated carbocycles. The number of aromatic nitrogens is 1. The molecule has 0 aliphatic carbocycles. The lowest BCUT2D eigenvalue weighted by molar-refractivity contribution is -0.274. The number of hydrogen-bond donors (Lipinski definition) is 1. The van der Waals surface area contributed by atoms with Crippen LogP contribution in [0.4, 0.5) is 18.9 Å². The number of nitrogens with zero attached hydrogens (tertiary/aromatic N) is 1. The van der Waals surface area contributed by atoms with Crippen LogP contribution >= 0.6 is 0 Å². The van der Waals surface area contributed by atoms with E-state index in [1.54, 1.807) is 19.2 Å². The number of rotatable bonds is 2. The zero-order valence-corrected chi connectivity index (χ0v) is 10.0. The lowest BCUT2D eigenvalue weighted by Crippen LogP contribution is -2.17. The molecule has 2 N–H and O–H groups in total. The van der Waals surface area contributed by atoms with Crippen LogP contribution in [0, 0.1) is 6.92 Å². The van der Waals surface area contributed by atoms with Crippen molar-refractivity contribution in [2.75, 3.05) is 5.73 Å². The largest absolute Gasteiger partial charge is 0.573 e. The molecule has 0 fully saturated rings. The van der Waals surface area contributed by atoms with E-state index < -0.39 is 6.36 Å². The van der Waals surface area contributed by atoms with E-state index in [9.17, 15) is 13.2 Å². The summed E-state index contributed by atoms with van der Waals surface area (Å²) in [6, 6.07) is 5.70. The Bertz CT molecular complexity index is 597. The Kier molecular flexibility index (Phi) is 3.33. The monoisotopic (exact) mass is 268 g/mol. The fourth-order valence-electron chi connectivity index (χ4n) is 1.69. The lowest BCUT2D eigenvalue weighted by Gasteiger charge is -2.11. The lowest BCUT2D eigenvalue weighted by atomic mass is 10.0. The molecule has 0 bridgehead atoms. The molecule has 0 unspecified atom stereocenters. The zero-order valence-electron chi connectivity index (χ0n) is 10.0. The third-order valence-electron chi connectivity index (χ3n) is 2.63. The van der Waals surface area contributed by atoms with Crippen LogP contribution < -0.4 is 10.5 Å². The standard InChI is InChI=1S/C13H11F3N2O/c1-8-11(6-18-7-12(8)17)9-3-2-4-10(5-9)19-13(14,15)16/h2-7H,17H2,1H3. The van der Waals surface area contributed by atoms with Gasteiger partial charge in [-0.25, -0.2) is 0 Å². The van der Waals surface area contributed by atoms with E-state index in [2.05, 4.69) is 9.72 Å². The average Bonchev–Trinajstić information content (AvgIpc) is 2.31. The van der Waals surface area contributed by atoms with Crippen molar-refractivity contribution >= 4 is 5.69 Å². The van der Waals surface area contributed by atoms with Crippen molar-refractivity contribution in [1.82, 2.24) is 4.98 Å². The van der Waals surface area contributed by atoms with E-state index in [1.807, 2.05) is 0 Å². The number of anilines is 1. The summed E-state index contributed by atoms with van der Waals surface area (Å²) in [5, 5.41) is 0. The van der Waals surface area contributed by atoms with E-state index in [0.717, 1.165) is 5.56 Å². The predicted molar refractivity (Wildman–Crippen MR) is 65.5 cm³/mol. The summed E-state index contributed by atoms with van der Waals surface area (Å²) in [5.41, 5.74) is 8.22. The Morgan fingerprint density at radius 3 is 2.63 bits per heavy atom. The first-order chi connectivity index (χ1) is 8.87. The molecule has 0 spiro atoms. The van der Waals surface area contributed by atoms with Gasteiger partial charge in [0.2, 0.25) is 0 Å². The van der Waals surface area contributed by atoms with Crippen molar-refractivity contribution in [3.05, 3.63) is 42.2 Å². The molecule has 3 nitrogen and oxygen atoms in total. The SMILES string of the molecule is Cc1c(N)cncc1-c1cccc(OC(F)(F)F)c1. The molecular weight excluding hydrogens is 257 g/mol. The number of nitrogen functional groups attached to an aromatic ring is 1. The highest BCUT2D eigenvalue weighted by molar-refractivity contribution is 5.72. The quantitative estimate of drug-likeness (QED) is 0.906. The number of hydrogen-bond acceptors (Lipinski definition) is 3. The topological polar surface area (TPSA) is 48.1 Å². The number of halogens is 3. The Balaban J connectivity index is 2.41. The summed E-state index contributed by atoms with van der Waals surface area (Å²) in [6.07, 6.45) is -1.66. The van der Waals surface area contributed by atoms with Gasteiger partial charge in [0.25, 0.3) is 0 Å². The molecule has 0 radical (unpaired) electrons. The second-order valence-corrected chi connectivity index (χ2v) is 3.98. The summed E-state index contributed by atoms with van der Waals surface area (Å²) >= 11 is 0. The molecule has 0 aliphatic heterocycles. The Morgan fingerprint density at radius 1 is 1.21 bits per heavy atom. The van der Waals surface area contributed by atoms with Gasteiger partial charge in [-0.3, -0.25) is 4.98 Å². The van der Waals surface area contributed by atoms with E-state index >= 15 is 0 Å². The van der Waals surface area contributed by atoms with Crippen molar-refractivity contribution in [1.29, 1.82) is 0 Å². The average molecular weight is 268 g/mol. The fourth-order valence-corrected chi connectivity index (χ4v) is 1.69.